The van der Waals surface area contributed by atoms with Crippen LogP contribution in [0.15, 0.2) is 24.3 Å². The van der Waals surface area contributed by atoms with Crippen molar-refractivity contribution in [2.24, 2.45) is 17.6 Å². The minimum atomic E-state index is 0.162. The summed E-state index contributed by atoms with van der Waals surface area (Å²) in [5.74, 6) is 1.69. The highest BCUT2D eigenvalue weighted by molar-refractivity contribution is 5.79. The van der Waals surface area contributed by atoms with Gasteiger partial charge in [-0.15, -0.1) is 0 Å². The van der Waals surface area contributed by atoms with E-state index in [0.29, 0.717) is 30.0 Å². The van der Waals surface area contributed by atoms with Crippen molar-refractivity contribution in [3.05, 3.63) is 29.8 Å². The van der Waals surface area contributed by atoms with Gasteiger partial charge in [0.1, 0.15) is 5.75 Å². The number of amides is 1. The maximum atomic E-state index is 12.7. The molecular weight excluding hydrogens is 276 g/mol. The lowest BCUT2D eigenvalue weighted by atomic mass is 9.88. The molecule has 1 aliphatic carbocycles. The maximum absolute atomic E-state index is 12.7. The Morgan fingerprint density at radius 2 is 1.82 bits per heavy atom. The lowest BCUT2D eigenvalue weighted by Gasteiger charge is -2.35. The van der Waals surface area contributed by atoms with Crippen molar-refractivity contribution in [3.63, 3.8) is 0 Å². The molecule has 1 saturated heterocycles. The van der Waals surface area contributed by atoms with Gasteiger partial charge in [-0.05, 0) is 61.8 Å². The van der Waals surface area contributed by atoms with E-state index in [0.717, 1.165) is 45.2 Å². The Morgan fingerprint density at radius 1 is 1.14 bits per heavy atom. The molecule has 120 valence electrons. The second-order valence-electron chi connectivity index (χ2n) is 6.72. The van der Waals surface area contributed by atoms with Crippen molar-refractivity contribution in [2.75, 3.05) is 19.6 Å². The van der Waals surface area contributed by atoms with Gasteiger partial charge in [-0.1, -0.05) is 18.6 Å². The zero-order valence-corrected chi connectivity index (χ0v) is 13.1. The lowest BCUT2D eigenvalue weighted by Crippen LogP contribution is -2.43. The lowest BCUT2D eigenvalue weighted by molar-refractivity contribution is -0.137. The first-order valence-corrected chi connectivity index (χ1v) is 8.47. The van der Waals surface area contributed by atoms with Crippen molar-refractivity contribution in [2.45, 2.75) is 38.0 Å². The van der Waals surface area contributed by atoms with Crippen molar-refractivity contribution < 1.29 is 9.90 Å². The molecule has 1 aromatic carbocycles. The average molecular weight is 302 g/mol. The summed E-state index contributed by atoms with van der Waals surface area (Å²) in [5, 5.41) is 9.38. The van der Waals surface area contributed by atoms with Gasteiger partial charge < -0.3 is 15.7 Å². The number of piperidine rings is 1. The maximum Gasteiger partial charge on any atom is 0.226 e. The van der Waals surface area contributed by atoms with Gasteiger partial charge in [-0.2, -0.15) is 0 Å². The first kappa shape index (κ1) is 15.3. The van der Waals surface area contributed by atoms with Gasteiger partial charge in [0.05, 0.1) is 0 Å². The molecular formula is C18H26N2O2. The van der Waals surface area contributed by atoms with E-state index in [1.54, 1.807) is 12.1 Å². The molecule has 22 heavy (non-hydrogen) atoms. The van der Waals surface area contributed by atoms with E-state index in [2.05, 4.69) is 4.90 Å². The number of hydrogen-bond acceptors (Lipinski definition) is 3. The highest BCUT2D eigenvalue weighted by Gasteiger charge is 2.35. The van der Waals surface area contributed by atoms with E-state index >= 15 is 0 Å². The van der Waals surface area contributed by atoms with Crippen LogP contribution in [-0.2, 0) is 4.79 Å². The number of carbonyl (C=O) groups excluding carboxylic acids is 1. The van der Waals surface area contributed by atoms with Crippen molar-refractivity contribution in [1.29, 1.82) is 0 Å². The van der Waals surface area contributed by atoms with E-state index < -0.39 is 0 Å². The number of carbonyl (C=O) groups is 1. The summed E-state index contributed by atoms with van der Waals surface area (Å²) in [6, 6.07) is 7.49. The summed E-state index contributed by atoms with van der Waals surface area (Å²) in [4.78, 5) is 14.7. The average Bonchev–Trinajstić information content (AvgIpc) is 3.04. The topological polar surface area (TPSA) is 66.6 Å². The van der Waals surface area contributed by atoms with Gasteiger partial charge in [-0.3, -0.25) is 4.79 Å². The highest BCUT2D eigenvalue weighted by atomic mass is 16.3. The number of rotatable bonds is 3. The van der Waals surface area contributed by atoms with Gasteiger partial charge in [0.2, 0.25) is 5.91 Å². The fourth-order valence-electron chi connectivity index (χ4n) is 4.06. The molecule has 3 rings (SSSR count). The van der Waals surface area contributed by atoms with E-state index in [-0.39, 0.29) is 5.92 Å². The predicted octanol–water partition coefficient (Wildman–Crippen LogP) is 2.47. The van der Waals surface area contributed by atoms with E-state index in [1.165, 1.54) is 5.56 Å². The zero-order chi connectivity index (χ0) is 15.5. The van der Waals surface area contributed by atoms with Gasteiger partial charge in [0.25, 0.3) is 0 Å². The molecule has 2 fully saturated rings. The van der Waals surface area contributed by atoms with Gasteiger partial charge >= 0.3 is 0 Å². The first-order valence-electron chi connectivity index (χ1n) is 8.47. The predicted molar refractivity (Wildman–Crippen MR) is 86.5 cm³/mol. The zero-order valence-electron chi connectivity index (χ0n) is 13.1. The monoisotopic (exact) mass is 302 g/mol. The number of phenols is 1. The molecule has 1 heterocycles. The summed E-state index contributed by atoms with van der Waals surface area (Å²) in [5.41, 5.74) is 7.08. The largest absolute Gasteiger partial charge is 0.508 e. The third-order valence-corrected chi connectivity index (χ3v) is 5.45. The number of benzene rings is 1. The molecule has 3 N–H and O–H groups in total. The van der Waals surface area contributed by atoms with Crippen LogP contribution in [0, 0.1) is 11.8 Å². The molecule has 2 atom stereocenters. The molecule has 0 bridgehead atoms. The third kappa shape index (κ3) is 3.12. The molecule has 1 aliphatic heterocycles. The SMILES string of the molecule is NC[C@H]1CCC[C@H]1C(=O)N1CCC(c2ccc(O)cc2)CC1. The Bertz CT molecular complexity index is 506. The fourth-order valence-corrected chi connectivity index (χ4v) is 4.06. The summed E-state index contributed by atoms with van der Waals surface area (Å²) in [7, 11) is 0. The number of nitrogens with zero attached hydrogens (tertiary/aromatic N) is 1. The molecule has 4 heteroatoms. The summed E-state index contributed by atoms with van der Waals surface area (Å²) in [6.45, 7) is 2.33. The van der Waals surface area contributed by atoms with Crippen LogP contribution in [0.25, 0.3) is 0 Å². The van der Waals surface area contributed by atoms with Crippen LogP contribution in [0.2, 0.25) is 0 Å². The van der Waals surface area contributed by atoms with E-state index in [1.807, 2.05) is 12.1 Å². The molecule has 2 aliphatic rings. The van der Waals surface area contributed by atoms with Crippen LogP contribution in [0.4, 0.5) is 0 Å². The van der Waals surface area contributed by atoms with Gasteiger partial charge in [0.15, 0.2) is 0 Å². The Labute approximate surface area is 132 Å². The quantitative estimate of drug-likeness (QED) is 0.901. The van der Waals surface area contributed by atoms with Crippen LogP contribution >= 0.6 is 0 Å². The number of nitrogens with two attached hydrogens (primary N) is 1. The Morgan fingerprint density at radius 3 is 2.45 bits per heavy atom. The fraction of sp³-hybridized carbons (Fsp3) is 0.611. The van der Waals surface area contributed by atoms with Crippen LogP contribution in [-0.4, -0.2) is 35.5 Å². The summed E-state index contributed by atoms with van der Waals surface area (Å²) >= 11 is 0. The molecule has 1 amide bonds. The van der Waals surface area contributed by atoms with Crippen molar-refractivity contribution in [1.82, 2.24) is 4.90 Å². The molecule has 1 saturated carbocycles. The number of aromatic hydroxyl groups is 1. The molecule has 0 aromatic heterocycles. The number of phenolic OH excluding ortho intramolecular Hbond substituents is 1. The van der Waals surface area contributed by atoms with E-state index in [9.17, 15) is 9.90 Å². The number of hydrogen-bond donors (Lipinski definition) is 2. The minimum Gasteiger partial charge on any atom is -0.508 e. The van der Waals surface area contributed by atoms with Gasteiger partial charge in [-0.25, -0.2) is 0 Å². The Hall–Kier alpha value is -1.55. The van der Waals surface area contributed by atoms with Crippen LogP contribution in [0.3, 0.4) is 0 Å². The molecule has 0 radical (unpaired) electrons. The van der Waals surface area contributed by atoms with Crippen LogP contribution in [0.1, 0.15) is 43.6 Å². The molecule has 0 spiro atoms. The van der Waals surface area contributed by atoms with E-state index in [4.69, 9.17) is 5.73 Å². The third-order valence-electron chi connectivity index (χ3n) is 5.45. The second-order valence-corrected chi connectivity index (χ2v) is 6.72. The Kier molecular flexibility index (Phi) is 4.67. The van der Waals surface area contributed by atoms with Crippen LogP contribution in [0.5, 0.6) is 5.75 Å². The molecule has 0 unspecified atom stereocenters. The number of likely N-dealkylation sites (tertiary alicyclic amines) is 1. The summed E-state index contributed by atoms with van der Waals surface area (Å²) < 4.78 is 0. The van der Waals surface area contributed by atoms with Crippen molar-refractivity contribution >= 4 is 5.91 Å². The van der Waals surface area contributed by atoms with Crippen molar-refractivity contribution in [3.8, 4) is 5.75 Å². The Balaban J connectivity index is 1.57. The standard InChI is InChI=1S/C18H26N2O2/c19-12-15-2-1-3-17(15)18(22)20-10-8-14(9-11-20)13-4-6-16(21)7-5-13/h4-7,14-15,17,21H,1-3,8-12,19H2/t15-,17-/m1/s1. The first-order chi connectivity index (χ1) is 10.7. The summed E-state index contributed by atoms with van der Waals surface area (Å²) in [6.07, 6.45) is 5.28. The molecule has 1 aromatic rings. The normalized spacial score (nSPS) is 26.3. The highest BCUT2D eigenvalue weighted by Crippen LogP contribution is 2.35. The smallest absolute Gasteiger partial charge is 0.226 e. The second kappa shape index (κ2) is 6.69. The van der Waals surface area contributed by atoms with Gasteiger partial charge in [0, 0.05) is 19.0 Å². The molecule has 4 nitrogen and oxygen atoms in total. The minimum absolute atomic E-state index is 0.162. The van der Waals surface area contributed by atoms with Crippen LogP contribution < -0.4 is 5.73 Å².